The third-order valence-electron chi connectivity index (χ3n) is 3.89. The Balaban J connectivity index is 1.87. The van der Waals surface area contributed by atoms with Gasteiger partial charge in [-0.05, 0) is 12.1 Å². The molecule has 0 amide bonds. The first-order chi connectivity index (χ1) is 11.2. The van der Waals surface area contributed by atoms with Gasteiger partial charge in [-0.25, -0.2) is 9.18 Å². The van der Waals surface area contributed by atoms with Crippen molar-refractivity contribution < 1.29 is 13.5 Å². The minimum Gasteiger partial charge on any atom is -0.408 e. The molecule has 1 saturated heterocycles. The number of ether oxygens (including phenoxy) is 1. The van der Waals surface area contributed by atoms with Crippen molar-refractivity contribution in [3.63, 3.8) is 0 Å². The number of fused-ring (bicyclic) bond motifs is 1. The van der Waals surface area contributed by atoms with E-state index in [0.29, 0.717) is 41.1 Å². The molecule has 23 heavy (non-hydrogen) atoms. The second-order valence-corrected chi connectivity index (χ2v) is 5.36. The molecule has 0 spiro atoms. The number of aromatic nitrogens is 2. The third kappa shape index (κ3) is 2.54. The molecule has 1 fully saturated rings. The van der Waals surface area contributed by atoms with Crippen LogP contribution in [0.25, 0.3) is 22.2 Å². The van der Waals surface area contributed by atoms with Crippen LogP contribution in [0.1, 0.15) is 11.7 Å². The molecule has 0 bridgehead atoms. The van der Waals surface area contributed by atoms with Crippen LogP contribution >= 0.6 is 0 Å². The first-order valence-corrected chi connectivity index (χ1v) is 7.31. The van der Waals surface area contributed by atoms with Gasteiger partial charge in [0, 0.05) is 29.9 Å². The summed E-state index contributed by atoms with van der Waals surface area (Å²) >= 11 is 0. The number of oxazole rings is 1. The lowest BCUT2D eigenvalue weighted by molar-refractivity contribution is 0.0758. The lowest BCUT2D eigenvalue weighted by Crippen LogP contribution is -2.35. The van der Waals surface area contributed by atoms with Crippen molar-refractivity contribution in [1.29, 1.82) is 0 Å². The maximum atomic E-state index is 14.5. The van der Waals surface area contributed by atoms with Crippen molar-refractivity contribution in [2.45, 2.75) is 6.04 Å². The van der Waals surface area contributed by atoms with Crippen LogP contribution in [-0.4, -0.2) is 29.7 Å². The molecule has 0 radical (unpaired) electrons. The van der Waals surface area contributed by atoms with Gasteiger partial charge >= 0.3 is 5.76 Å². The molecule has 0 saturated carbocycles. The van der Waals surface area contributed by atoms with Gasteiger partial charge in [-0.3, -0.25) is 9.97 Å². The van der Waals surface area contributed by atoms with Crippen molar-refractivity contribution in [1.82, 2.24) is 15.3 Å². The molecule has 1 aromatic carbocycles. The number of pyridine rings is 1. The molecule has 3 aromatic rings. The monoisotopic (exact) mass is 315 g/mol. The number of rotatable bonds is 2. The SMILES string of the molecule is O=c1[nH]c2cc(F)c(-c3cccnc3C3COCCN3)cc2o1. The minimum atomic E-state index is -0.606. The summed E-state index contributed by atoms with van der Waals surface area (Å²) in [4.78, 5) is 18.1. The Bertz CT molecular complexity index is 912. The molecule has 0 aliphatic carbocycles. The second kappa shape index (κ2) is 5.60. The molecule has 118 valence electrons. The van der Waals surface area contributed by atoms with E-state index >= 15 is 0 Å². The van der Waals surface area contributed by atoms with Crippen LogP contribution in [0.4, 0.5) is 4.39 Å². The predicted octanol–water partition coefficient (Wildman–Crippen LogP) is 1.98. The summed E-state index contributed by atoms with van der Waals surface area (Å²) in [6.45, 7) is 1.84. The van der Waals surface area contributed by atoms with Gasteiger partial charge < -0.3 is 14.5 Å². The molecule has 2 aromatic heterocycles. The highest BCUT2D eigenvalue weighted by molar-refractivity contribution is 5.81. The number of H-pyrrole nitrogens is 1. The van der Waals surface area contributed by atoms with Crippen LogP contribution in [0.5, 0.6) is 0 Å². The van der Waals surface area contributed by atoms with Crippen molar-refractivity contribution in [3.05, 3.63) is 52.5 Å². The van der Waals surface area contributed by atoms with Crippen LogP contribution in [0.15, 0.2) is 39.7 Å². The van der Waals surface area contributed by atoms with E-state index in [2.05, 4.69) is 15.3 Å². The van der Waals surface area contributed by atoms with E-state index < -0.39 is 11.6 Å². The number of hydrogen-bond acceptors (Lipinski definition) is 5. The number of halogens is 1. The summed E-state index contributed by atoms with van der Waals surface area (Å²) < 4.78 is 25.0. The van der Waals surface area contributed by atoms with Crippen molar-refractivity contribution in [2.75, 3.05) is 19.8 Å². The molecule has 1 aliphatic heterocycles. The van der Waals surface area contributed by atoms with Crippen LogP contribution < -0.4 is 11.1 Å². The van der Waals surface area contributed by atoms with E-state index in [1.165, 1.54) is 12.1 Å². The number of nitrogens with one attached hydrogen (secondary N) is 2. The summed E-state index contributed by atoms with van der Waals surface area (Å²) in [5.74, 6) is -1.05. The normalized spacial score (nSPS) is 18.4. The van der Waals surface area contributed by atoms with E-state index in [1.807, 2.05) is 0 Å². The fraction of sp³-hybridized carbons (Fsp3) is 0.250. The standard InChI is InChI=1S/C16H14FN3O3/c17-11-7-12-14(23-16(21)20-12)6-10(11)9-2-1-3-19-15(9)13-8-22-5-4-18-13/h1-3,6-7,13,18H,4-5,8H2,(H,20,21). The molecule has 1 atom stereocenters. The quantitative estimate of drug-likeness (QED) is 0.756. The Kier molecular flexibility index (Phi) is 3.44. The number of hydrogen-bond donors (Lipinski definition) is 2. The van der Waals surface area contributed by atoms with E-state index in [4.69, 9.17) is 9.15 Å². The zero-order chi connectivity index (χ0) is 15.8. The predicted molar refractivity (Wildman–Crippen MR) is 81.6 cm³/mol. The molecule has 4 rings (SSSR count). The highest BCUT2D eigenvalue weighted by Gasteiger charge is 2.22. The van der Waals surface area contributed by atoms with Crippen molar-refractivity contribution in [3.8, 4) is 11.1 Å². The highest BCUT2D eigenvalue weighted by Crippen LogP contribution is 2.31. The second-order valence-electron chi connectivity index (χ2n) is 5.36. The van der Waals surface area contributed by atoms with Crippen LogP contribution in [0.2, 0.25) is 0 Å². The summed E-state index contributed by atoms with van der Waals surface area (Å²) in [6, 6.07) is 6.23. The Hall–Kier alpha value is -2.51. The fourth-order valence-electron chi connectivity index (χ4n) is 2.84. The molecule has 3 heterocycles. The molecular formula is C16H14FN3O3. The van der Waals surface area contributed by atoms with Gasteiger partial charge in [-0.1, -0.05) is 6.07 Å². The van der Waals surface area contributed by atoms with Crippen molar-refractivity contribution in [2.24, 2.45) is 0 Å². The van der Waals surface area contributed by atoms with Crippen LogP contribution in [-0.2, 0) is 4.74 Å². The van der Waals surface area contributed by atoms with Crippen LogP contribution in [0.3, 0.4) is 0 Å². The maximum Gasteiger partial charge on any atom is 0.417 e. The number of benzene rings is 1. The Morgan fingerprint density at radius 2 is 2.22 bits per heavy atom. The van der Waals surface area contributed by atoms with Gasteiger partial charge in [-0.15, -0.1) is 0 Å². The number of morpholine rings is 1. The number of nitrogens with zero attached hydrogens (tertiary/aromatic N) is 1. The Morgan fingerprint density at radius 3 is 3.04 bits per heavy atom. The molecule has 6 nitrogen and oxygen atoms in total. The topological polar surface area (TPSA) is 80.2 Å². The zero-order valence-electron chi connectivity index (χ0n) is 12.1. The summed E-state index contributed by atoms with van der Waals surface area (Å²) in [5, 5.41) is 3.32. The molecule has 1 unspecified atom stereocenters. The molecule has 7 heteroatoms. The largest absolute Gasteiger partial charge is 0.417 e. The van der Waals surface area contributed by atoms with Gasteiger partial charge in [0.15, 0.2) is 5.58 Å². The zero-order valence-corrected chi connectivity index (χ0v) is 12.1. The van der Waals surface area contributed by atoms with E-state index in [1.54, 1.807) is 18.3 Å². The van der Waals surface area contributed by atoms with Gasteiger partial charge in [-0.2, -0.15) is 0 Å². The minimum absolute atomic E-state index is 0.103. The van der Waals surface area contributed by atoms with Gasteiger partial charge in [0.1, 0.15) is 5.82 Å². The maximum absolute atomic E-state index is 14.5. The number of aromatic amines is 1. The van der Waals surface area contributed by atoms with Gasteiger partial charge in [0.05, 0.1) is 30.5 Å². The van der Waals surface area contributed by atoms with Crippen molar-refractivity contribution >= 4 is 11.1 Å². The van der Waals surface area contributed by atoms with Crippen LogP contribution in [0, 0.1) is 5.82 Å². The summed E-state index contributed by atoms with van der Waals surface area (Å²) in [7, 11) is 0. The summed E-state index contributed by atoms with van der Waals surface area (Å²) in [5.41, 5.74) is 2.35. The van der Waals surface area contributed by atoms with E-state index in [-0.39, 0.29) is 6.04 Å². The lowest BCUT2D eigenvalue weighted by atomic mass is 9.99. The average molecular weight is 315 g/mol. The Morgan fingerprint density at radius 1 is 1.30 bits per heavy atom. The van der Waals surface area contributed by atoms with E-state index in [9.17, 15) is 9.18 Å². The first-order valence-electron chi connectivity index (χ1n) is 7.31. The Labute approximate surface area is 130 Å². The van der Waals surface area contributed by atoms with Gasteiger partial charge in [0.25, 0.3) is 0 Å². The fourth-order valence-corrected chi connectivity index (χ4v) is 2.84. The highest BCUT2D eigenvalue weighted by atomic mass is 19.1. The third-order valence-corrected chi connectivity index (χ3v) is 3.89. The first kappa shape index (κ1) is 14.1. The smallest absolute Gasteiger partial charge is 0.408 e. The van der Waals surface area contributed by atoms with E-state index in [0.717, 1.165) is 6.54 Å². The molecule has 2 N–H and O–H groups in total. The molecular weight excluding hydrogens is 301 g/mol. The van der Waals surface area contributed by atoms with Gasteiger partial charge in [0.2, 0.25) is 0 Å². The lowest BCUT2D eigenvalue weighted by Gasteiger charge is -2.25. The molecule has 1 aliphatic rings. The average Bonchev–Trinajstić information content (AvgIpc) is 2.94. The summed E-state index contributed by atoms with van der Waals surface area (Å²) in [6.07, 6.45) is 1.67.